The highest BCUT2D eigenvalue weighted by Gasteiger charge is 2.42. The standard InChI is InChI=1S/C46H58F2N10O3/c1-45(2)27-54(19-20-57(45)25-30-8-15-55(16-9-30)37-7-6-31-33(41(37)48)26-58(44(31)60)38-5-4-14-49-43(38)59)24-29-10-17-56(18-11-29)40-23-36(50-28-51-40)42-32-21-39(61-46(3)12-13-46)34(47)22-35(32)52-53-42/h6-7,21-23,28-30,38H,4-5,8-20,24-27H2,1-3H3,(H,49,59)(H,52,53). The fourth-order valence-electron chi connectivity index (χ4n) is 10.6. The summed E-state index contributed by atoms with van der Waals surface area (Å²) in [6.07, 6.45) is 9.07. The van der Waals surface area contributed by atoms with Crippen molar-refractivity contribution in [3.63, 3.8) is 0 Å². The molecular weight excluding hydrogens is 779 g/mol. The van der Waals surface area contributed by atoms with E-state index >= 15 is 4.39 Å². The summed E-state index contributed by atoms with van der Waals surface area (Å²) in [6.45, 7) is 16.3. The predicted octanol–water partition coefficient (Wildman–Crippen LogP) is 5.99. The Labute approximate surface area is 356 Å². The van der Waals surface area contributed by atoms with E-state index in [0.29, 0.717) is 58.5 Å². The van der Waals surface area contributed by atoms with Crippen molar-refractivity contribution in [2.24, 2.45) is 11.8 Å². The van der Waals surface area contributed by atoms with Crippen molar-refractivity contribution in [2.45, 2.75) is 95.9 Å². The Hall–Kier alpha value is -4.89. The summed E-state index contributed by atoms with van der Waals surface area (Å²) >= 11 is 0. The number of aromatic nitrogens is 4. The number of fused-ring (bicyclic) bond motifs is 2. The minimum atomic E-state index is -0.527. The first-order valence-electron chi connectivity index (χ1n) is 22.5. The molecule has 61 heavy (non-hydrogen) atoms. The number of carbonyl (C=O) groups is 2. The lowest BCUT2D eigenvalue weighted by Crippen LogP contribution is -2.61. The Morgan fingerprint density at radius 1 is 0.869 bits per heavy atom. The van der Waals surface area contributed by atoms with Crippen LogP contribution in [-0.4, -0.2) is 129 Å². The number of nitrogens with one attached hydrogen (secondary N) is 2. The number of rotatable bonds is 10. The summed E-state index contributed by atoms with van der Waals surface area (Å²) in [5.74, 6) is 1.21. The van der Waals surface area contributed by atoms with Crippen molar-refractivity contribution in [3.8, 4) is 17.1 Å². The number of ether oxygens (including phenoxy) is 1. The number of piperidine rings is 3. The van der Waals surface area contributed by atoms with Gasteiger partial charge in [-0.25, -0.2) is 18.7 Å². The lowest BCUT2D eigenvalue weighted by atomic mass is 9.90. The number of nitrogens with zero attached hydrogens (tertiary/aromatic N) is 8. The highest BCUT2D eigenvalue weighted by atomic mass is 19.1. The molecule has 0 bridgehead atoms. The van der Waals surface area contributed by atoms with Crippen LogP contribution in [0.5, 0.6) is 5.75 Å². The lowest BCUT2D eigenvalue weighted by molar-refractivity contribution is -0.127. The normalized spacial score (nSPS) is 23.8. The molecule has 7 heterocycles. The zero-order valence-electron chi connectivity index (χ0n) is 35.7. The Morgan fingerprint density at radius 3 is 2.36 bits per heavy atom. The van der Waals surface area contributed by atoms with Crippen molar-refractivity contribution in [1.29, 1.82) is 0 Å². The van der Waals surface area contributed by atoms with Crippen LogP contribution in [0, 0.1) is 23.5 Å². The molecule has 0 radical (unpaired) electrons. The number of aromatic amines is 1. The summed E-state index contributed by atoms with van der Waals surface area (Å²) in [4.78, 5) is 46.3. The number of carbonyl (C=O) groups excluding carboxylic acids is 2. The Bertz CT molecular complexity index is 2320. The van der Waals surface area contributed by atoms with Gasteiger partial charge in [0, 0.05) is 99.6 Å². The number of hydrogen-bond donors (Lipinski definition) is 2. The van der Waals surface area contributed by atoms with Crippen molar-refractivity contribution in [1.82, 2.24) is 40.2 Å². The summed E-state index contributed by atoms with van der Waals surface area (Å²) < 4.78 is 36.9. The van der Waals surface area contributed by atoms with Gasteiger partial charge in [-0.05, 0) is 102 Å². The summed E-state index contributed by atoms with van der Waals surface area (Å²) in [7, 11) is 0. The molecule has 10 rings (SSSR count). The van der Waals surface area contributed by atoms with Crippen LogP contribution in [0.15, 0.2) is 36.7 Å². The molecule has 15 heteroatoms. The van der Waals surface area contributed by atoms with E-state index in [1.807, 2.05) is 13.0 Å². The van der Waals surface area contributed by atoms with E-state index in [4.69, 9.17) is 4.74 Å². The molecule has 0 spiro atoms. The van der Waals surface area contributed by atoms with Crippen molar-refractivity contribution >= 4 is 34.2 Å². The SMILES string of the molecule is CC1(Oc2cc3c(-c4cc(N5CCC(CN6CCN(CC7CCN(c8ccc9c(c8F)CN(C8CCCNC8=O)C9=O)CC7)C(C)(C)C6)CC5)ncn4)n[nH]c3cc2F)CC1. The number of benzene rings is 2. The average Bonchev–Trinajstić information content (AvgIpc) is 3.68. The maximum atomic E-state index is 16.0. The number of piperazine rings is 1. The van der Waals surface area contributed by atoms with Crippen LogP contribution in [0.25, 0.3) is 22.3 Å². The van der Waals surface area contributed by atoms with Crippen LogP contribution in [0.3, 0.4) is 0 Å². The highest BCUT2D eigenvalue weighted by Crippen LogP contribution is 2.42. The van der Waals surface area contributed by atoms with E-state index in [1.165, 1.54) is 6.07 Å². The van der Waals surface area contributed by atoms with Gasteiger partial charge < -0.3 is 24.8 Å². The molecule has 1 saturated carbocycles. The molecule has 4 saturated heterocycles. The van der Waals surface area contributed by atoms with E-state index in [9.17, 15) is 14.0 Å². The molecule has 5 fully saturated rings. The largest absolute Gasteiger partial charge is 0.484 e. The number of amides is 2. The molecule has 2 aromatic carbocycles. The summed E-state index contributed by atoms with van der Waals surface area (Å²) in [6, 6.07) is 8.19. The first kappa shape index (κ1) is 40.2. The average molecular weight is 837 g/mol. The van der Waals surface area contributed by atoms with Crippen LogP contribution in [-0.2, 0) is 11.3 Å². The molecule has 6 aliphatic rings. The molecule has 13 nitrogen and oxygen atoms in total. The fraction of sp³-hybridized carbons (Fsp3) is 0.587. The van der Waals surface area contributed by atoms with Gasteiger partial charge in [0.15, 0.2) is 17.4 Å². The van der Waals surface area contributed by atoms with E-state index in [2.05, 4.69) is 58.9 Å². The third-order valence-electron chi connectivity index (χ3n) is 14.5. The van der Waals surface area contributed by atoms with Gasteiger partial charge in [-0.3, -0.25) is 24.5 Å². The first-order chi connectivity index (χ1) is 29.4. The zero-order chi connectivity index (χ0) is 42.0. The van der Waals surface area contributed by atoms with Crippen LogP contribution in [0.1, 0.15) is 88.1 Å². The molecular formula is C46H58F2N10O3. The Balaban J connectivity index is 0.697. The van der Waals surface area contributed by atoms with Crippen molar-refractivity contribution in [2.75, 3.05) is 75.2 Å². The zero-order valence-corrected chi connectivity index (χ0v) is 35.7. The second-order valence-electron chi connectivity index (χ2n) is 19.4. The molecule has 2 aromatic heterocycles. The Kier molecular flexibility index (Phi) is 10.4. The number of anilines is 2. The van der Waals surface area contributed by atoms with Crippen LogP contribution in [0.4, 0.5) is 20.3 Å². The second kappa shape index (κ2) is 15.8. The van der Waals surface area contributed by atoms with Gasteiger partial charge in [0.1, 0.15) is 29.5 Å². The van der Waals surface area contributed by atoms with E-state index in [-0.39, 0.29) is 41.1 Å². The Morgan fingerprint density at radius 2 is 1.62 bits per heavy atom. The lowest BCUT2D eigenvalue weighted by Gasteiger charge is -2.50. The topological polar surface area (TPSA) is 126 Å². The third-order valence-corrected chi connectivity index (χ3v) is 14.5. The quantitative estimate of drug-likeness (QED) is 0.197. The van der Waals surface area contributed by atoms with Gasteiger partial charge in [0.05, 0.1) is 23.4 Å². The number of hydrogen-bond acceptors (Lipinski definition) is 10. The molecule has 1 unspecified atom stereocenters. The monoisotopic (exact) mass is 836 g/mol. The predicted molar refractivity (Wildman–Crippen MR) is 230 cm³/mol. The first-order valence-corrected chi connectivity index (χ1v) is 22.5. The maximum absolute atomic E-state index is 16.0. The van der Waals surface area contributed by atoms with Gasteiger partial charge in [0.2, 0.25) is 5.91 Å². The minimum absolute atomic E-state index is 0.0537. The molecule has 5 aliphatic heterocycles. The molecule has 2 N–H and O–H groups in total. The smallest absolute Gasteiger partial charge is 0.255 e. The van der Waals surface area contributed by atoms with Gasteiger partial charge in [-0.15, -0.1) is 0 Å². The van der Waals surface area contributed by atoms with Crippen LogP contribution < -0.4 is 19.9 Å². The van der Waals surface area contributed by atoms with Gasteiger partial charge in [-0.1, -0.05) is 0 Å². The van der Waals surface area contributed by atoms with Gasteiger partial charge in [0.25, 0.3) is 5.91 Å². The number of H-pyrrole nitrogens is 1. The van der Waals surface area contributed by atoms with Crippen LogP contribution >= 0.6 is 0 Å². The fourth-order valence-corrected chi connectivity index (χ4v) is 10.6. The van der Waals surface area contributed by atoms with Crippen molar-refractivity contribution in [3.05, 3.63) is 59.4 Å². The minimum Gasteiger partial charge on any atom is -0.484 e. The maximum Gasteiger partial charge on any atom is 0.255 e. The molecule has 1 atom stereocenters. The van der Waals surface area contributed by atoms with E-state index < -0.39 is 11.9 Å². The highest BCUT2D eigenvalue weighted by molar-refractivity contribution is 6.01. The van der Waals surface area contributed by atoms with Gasteiger partial charge in [-0.2, -0.15) is 5.10 Å². The van der Waals surface area contributed by atoms with Crippen LogP contribution in [0.2, 0.25) is 0 Å². The van der Waals surface area contributed by atoms with Crippen molar-refractivity contribution < 1.29 is 23.1 Å². The summed E-state index contributed by atoms with van der Waals surface area (Å²) in [5.41, 5.74) is 3.13. The second-order valence-corrected chi connectivity index (χ2v) is 19.4. The van der Waals surface area contributed by atoms with E-state index in [0.717, 1.165) is 115 Å². The van der Waals surface area contributed by atoms with Gasteiger partial charge >= 0.3 is 0 Å². The third kappa shape index (κ3) is 7.92. The molecule has 1 aliphatic carbocycles. The number of halogens is 2. The molecule has 4 aromatic rings. The van der Waals surface area contributed by atoms with E-state index in [1.54, 1.807) is 29.4 Å². The molecule has 2 amide bonds. The summed E-state index contributed by atoms with van der Waals surface area (Å²) in [5, 5.41) is 11.1. The molecule has 324 valence electrons.